The van der Waals surface area contributed by atoms with Gasteiger partial charge in [0.05, 0.1) is 0 Å². The van der Waals surface area contributed by atoms with Crippen molar-refractivity contribution in [3.63, 3.8) is 0 Å². The Bertz CT molecular complexity index is 370. The number of terminal acetylenes is 1. The summed E-state index contributed by atoms with van der Waals surface area (Å²) in [6.45, 7) is 2.15. The van der Waals surface area contributed by atoms with Gasteiger partial charge in [-0.25, -0.2) is 0 Å². The minimum atomic E-state index is 0.311. The van der Waals surface area contributed by atoms with Crippen molar-refractivity contribution >= 4 is 0 Å². The molecule has 0 saturated carbocycles. The molecule has 76 valence electrons. The summed E-state index contributed by atoms with van der Waals surface area (Å²) in [4.78, 5) is 0. The average Bonchev–Trinajstić information content (AvgIpc) is 2.29. The van der Waals surface area contributed by atoms with E-state index in [0.29, 0.717) is 5.92 Å². The molecule has 0 nitrogen and oxygen atoms in total. The topological polar surface area (TPSA) is 0 Å². The smallest absolute Gasteiger partial charge is 0.0309 e. The van der Waals surface area contributed by atoms with E-state index in [1.807, 2.05) is 30.3 Å². The summed E-state index contributed by atoms with van der Waals surface area (Å²) in [5.41, 5.74) is 1.06. The minimum absolute atomic E-state index is 0.311. The van der Waals surface area contributed by atoms with Crippen molar-refractivity contribution in [2.75, 3.05) is 0 Å². The molecule has 0 heterocycles. The van der Waals surface area contributed by atoms with Gasteiger partial charge >= 0.3 is 0 Å². The van der Waals surface area contributed by atoms with Gasteiger partial charge in [-0.2, -0.15) is 0 Å². The van der Waals surface area contributed by atoms with Crippen LogP contribution in [0.1, 0.15) is 31.7 Å². The number of benzene rings is 1. The van der Waals surface area contributed by atoms with Crippen LogP contribution in [0.15, 0.2) is 30.3 Å². The Labute approximate surface area is 92.7 Å². The van der Waals surface area contributed by atoms with Crippen LogP contribution in [0, 0.1) is 30.1 Å². The molecule has 0 aliphatic heterocycles. The van der Waals surface area contributed by atoms with Gasteiger partial charge in [0.25, 0.3) is 0 Å². The van der Waals surface area contributed by atoms with E-state index in [2.05, 4.69) is 24.7 Å². The molecule has 0 spiro atoms. The second-order valence-corrected chi connectivity index (χ2v) is 3.52. The van der Waals surface area contributed by atoms with E-state index < -0.39 is 0 Å². The third kappa shape index (κ3) is 4.39. The van der Waals surface area contributed by atoms with Gasteiger partial charge in [-0.1, -0.05) is 43.4 Å². The summed E-state index contributed by atoms with van der Waals surface area (Å²) >= 11 is 0. The van der Waals surface area contributed by atoms with E-state index in [1.54, 1.807) is 0 Å². The van der Waals surface area contributed by atoms with Crippen LogP contribution in [0.3, 0.4) is 0 Å². The fourth-order valence-electron chi connectivity index (χ4n) is 1.39. The maximum Gasteiger partial charge on any atom is 0.0309 e. The molecule has 1 aromatic rings. The summed E-state index contributed by atoms with van der Waals surface area (Å²) in [5, 5.41) is 0. The molecule has 1 rings (SSSR count). The third-order valence-corrected chi connectivity index (χ3v) is 2.23. The Kier molecular flexibility index (Phi) is 5.13. The SMILES string of the molecule is C#CC(CC#Cc1ccccc1)CCC. The lowest BCUT2D eigenvalue weighted by molar-refractivity contribution is 0.615. The molecule has 0 aliphatic rings. The van der Waals surface area contributed by atoms with Crippen molar-refractivity contribution in [2.24, 2.45) is 5.92 Å². The van der Waals surface area contributed by atoms with Gasteiger partial charge in [0, 0.05) is 17.9 Å². The largest absolute Gasteiger partial charge is 0.120 e. The standard InChI is InChI=1S/C15H16/c1-3-9-14(4-2)12-8-13-15-10-6-5-7-11-15/h2,5-7,10-11,14H,3,9,12H2,1H3. The van der Waals surface area contributed by atoms with Crippen molar-refractivity contribution in [3.05, 3.63) is 35.9 Å². The molecule has 0 fully saturated rings. The second kappa shape index (κ2) is 6.74. The Hall–Kier alpha value is -1.66. The van der Waals surface area contributed by atoms with E-state index in [4.69, 9.17) is 6.42 Å². The van der Waals surface area contributed by atoms with Crippen molar-refractivity contribution in [3.8, 4) is 24.2 Å². The highest BCUT2D eigenvalue weighted by atomic mass is 14.0. The molecule has 0 aliphatic carbocycles. The molecule has 1 unspecified atom stereocenters. The number of hydrogen-bond acceptors (Lipinski definition) is 0. The van der Waals surface area contributed by atoms with Crippen LogP contribution >= 0.6 is 0 Å². The lowest BCUT2D eigenvalue weighted by Gasteiger charge is -2.02. The van der Waals surface area contributed by atoms with E-state index in [-0.39, 0.29) is 0 Å². The van der Waals surface area contributed by atoms with Gasteiger partial charge < -0.3 is 0 Å². The quantitative estimate of drug-likeness (QED) is 0.649. The third-order valence-electron chi connectivity index (χ3n) is 2.23. The van der Waals surface area contributed by atoms with Gasteiger partial charge in [0.2, 0.25) is 0 Å². The van der Waals surface area contributed by atoms with Gasteiger partial charge in [-0.15, -0.1) is 12.3 Å². The summed E-state index contributed by atoms with van der Waals surface area (Å²) in [7, 11) is 0. The van der Waals surface area contributed by atoms with Crippen LogP contribution in [0.2, 0.25) is 0 Å². The first-order chi connectivity index (χ1) is 7.36. The zero-order valence-electron chi connectivity index (χ0n) is 9.16. The van der Waals surface area contributed by atoms with Crippen LogP contribution in [0.5, 0.6) is 0 Å². The van der Waals surface area contributed by atoms with E-state index in [0.717, 1.165) is 24.8 Å². The van der Waals surface area contributed by atoms with Crippen molar-refractivity contribution in [1.29, 1.82) is 0 Å². The van der Waals surface area contributed by atoms with Crippen molar-refractivity contribution in [1.82, 2.24) is 0 Å². The van der Waals surface area contributed by atoms with Crippen molar-refractivity contribution < 1.29 is 0 Å². The number of hydrogen-bond donors (Lipinski definition) is 0. The maximum absolute atomic E-state index is 5.42. The Morgan fingerprint density at radius 3 is 2.60 bits per heavy atom. The molecule has 0 aromatic heterocycles. The molecule has 0 radical (unpaired) electrons. The molecule has 0 heteroatoms. The minimum Gasteiger partial charge on any atom is -0.120 e. The highest BCUT2D eigenvalue weighted by Crippen LogP contribution is 2.08. The molecule has 1 atom stereocenters. The lowest BCUT2D eigenvalue weighted by atomic mass is 10.0. The molecule has 0 saturated heterocycles. The van der Waals surface area contributed by atoms with Crippen LogP contribution in [0.25, 0.3) is 0 Å². The van der Waals surface area contributed by atoms with Gasteiger partial charge in [-0.3, -0.25) is 0 Å². The van der Waals surface area contributed by atoms with E-state index >= 15 is 0 Å². The van der Waals surface area contributed by atoms with Crippen LogP contribution in [-0.2, 0) is 0 Å². The first-order valence-electron chi connectivity index (χ1n) is 5.37. The number of rotatable bonds is 3. The zero-order chi connectivity index (χ0) is 10.9. The molecule has 0 N–H and O–H groups in total. The highest BCUT2D eigenvalue weighted by molar-refractivity contribution is 5.33. The predicted octanol–water partition coefficient (Wildman–Crippen LogP) is 3.48. The monoisotopic (exact) mass is 196 g/mol. The first kappa shape index (κ1) is 11.4. The van der Waals surface area contributed by atoms with Crippen LogP contribution in [-0.4, -0.2) is 0 Å². The maximum atomic E-state index is 5.42. The summed E-state index contributed by atoms with van der Waals surface area (Å²) in [6.07, 6.45) is 8.42. The van der Waals surface area contributed by atoms with Gasteiger partial charge in [0.1, 0.15) is 0 Å². The first-order valence-corrected chi connectivity index (χ1v) is 5.37. The fourth-order valence-corrected chi connectivity index (χ4v) is 1.39. The zero-order valence-corrected chi connectivity index (χ0v) is 9.16. The molecule has 0 bridgehead atoms. The van der Waals surface area contributed by atoms with Gasteiger partial charge in [-0.05, 0) is 18.6 Å². The summed E-state index contributed by atoms with van der Waals surface area (Å²) in [5.74, 6) is 9.37. The van der Waals surface area contributed by atoms with Crippen molar-refractivity contribution in [2.45, 2.75) is 26.2 Å². The summed E-state index contributed by atoms with van der Waals surface area (Å²) in [6, 6.07) is 10.0. The average molecular weight is 196 g/mol. The molecule has 15 heavy (non-hydrogen) atoms. The second-order valence-electron chi connectivity index (χ2n) is 3.52. The van der Waals surface area contributed by atoms with E-state index in [1.165, 1.54) is 0 Å². The van der Waals surface area contributed by atoms with E-state index in [9.17, 15) is 0 Å². The molecule has 1 aromatic carbocycles. The van der Waals surface area contributed by atoms with Crippen LogP contribution < -0.4 is 0 Å². The fraction of sp³-hybridized carbons (Fsp3) is 0.333. The lowest BCUT2D eigenvalue weighted by Crippen LogP contribution is -1.93. The molecular weight excluding hydrogens is 180 g/mol. The Balaban J connectivity index is 2.50. The highest BCUT2D eigenvalue weighted by Gasteiger charge is 1.99. The Morgan fingerprint density at radius 1 is 1.27 bits per heavy atom. The molecule has 0 amide bonds. The molecular formula is C15H16. The summed E-state index contributed by atoms with van der Waals surface area (Å²) < 4.78 is 0. The predicted molar refractivity (Wildman–Crippen MR) is 65.2 cm³/mol. The van der Waals surface area contributed by atoms with Crippen LogP contribution in [0.4, 0.5) is 0 Å². The van der Waals surface area contributed by atoms with Gasteiger partial charge in [0.15, 0.2) is 0 Å². The Morgan fingerprint density at radius 2 is 2.00 bits per heavy atom. The normalized spacial score (nSPS) is 10.9.